The number of aliphatic hydroxyl groups is 1. The van der Waals surface area contributed by atoms with Gasteiger partial charge in [-0.2, -0.15) is 0 Å². The number of hydrogen-bond donors (Lipinski definition) is 2. The maximum atomic E-state index is 10.1. The van der Waals surface area contributed by atoms with Crippen molar-refractivity contribution in [1.29, 1.82) is 0 Å². The highest BCUT2D eigenvalue weighted by Gasteiger charge is 2.16. The first kappa shape index (κ1) is 15.7. The second-order valence-electron chi connectivity index (χ2n) is 5.13. The Morgan fingerprint density at radius 2 is 2.23 bits per heavy atom. The van der Waals surface area contributed by atoms with Crippen LogP contribution in [0.15, 0.2) is 34.7 Å². The summed E-state index contributed by atoms with van der Waals surface area (Å²) in [6.07, 6.45) is 2.05. The lowest BCUT2D eigenvalue weighted by Crippen LogP contribution is -2.18. The van der Waals surface area contributed by atoms with Gasteiger partial charge >= 0.3 is 0 Å². The molecular formula is C15H19N3O2S2. The number of thioether (sulfide) groups is 1. The molecule has 2 N–H and O–H groups in total. The van der Waals surface area contributed by atoms with Crippen LogP contribution >= 0.6 is 23.1 Å². The molecular weight excluding hydrogens is 318 g/mol. The van der Waals surface area contributed by atoms with Gasteiger partial charge in [-0.05, 0) is 18.4 Å². The van der Waals surface area contributed by atoms with E-state index in [9.17, 15) is 5.11 Å². The number of nitrogens with one attached hydrogen (secondary N) is 1. The van der Waals surface area contributed by atoms with Crippen LogP contribution in [-0.2, 0) is 4.74 Å². The first-order chi connectivity index (χ1) is 10.8. The van der Waals surface area contributed by atoms with Crippen molar-refractivity contribution in [2.45, 2.75) is 29.4 Å². The third-order valence-corrected chi connectivity index (χ3v) is 5.55. The number of hydrogen-bond acceptors (Lipinski definition) is 7. The van der Waals surface area contributed by atoms with Crippen molar-refractivity contribution in [1.82, 2.24) is 10.2 Å². The van der Waals surface area contributed by atoms with Crippen molar-refractivity contribution < 1.29 is 9.84 Å². The van der Waals surface area contributed by atoms with E-state index in [1.807, 2.05) is 30.3 Å². The lowest BCUT2D eigenvalue weighted by Gasteiger charge is -2.09. The Balaban J connectivity index is 1.45. The van der Waals surface area contributed by atoms with E-state index in [2.05, 4.69) is 15.5 Å². The lowest BCUT2D eigenvalue weighted by atomic mass is 10.1. The minimum absolute atomic E-state index is 0.292. The number of nitrogens with zero attached hydrogens (tertiary/aromatic N) is 2. The zero-order chi connectivity index (χ0) is 15.2. The van der Waals surface area contributed by atoms with Gasteiger partial charge < -0.3 is 15.2 Å². The Morgan fingerprint density at radius 1 is 1.36 bits per heavy atom. The van der Waals surface area contributed by atoms with E-state index < -0.39 is 6.10 Å². The third kappa shape index (κ3) is 4.42. The van der Waals surface area contributed by atoms with Crippen LogP contribution in [0.4, 0.5) is 5.13 Å². The smallest absolute Gasteiger partial charge is 0.206 e. The van der Waals surface area contributed by atoms with Gasteiger partial charge in [0, 0.05) is 18.9 Å². The predicted molar refractivity (Wildman–Crippen MR) is 89.5 cm³/mol. The molecule has 5 nitrogen and oxygen atoms in total. The van der Waals surface area contributed by atoms with Gasteiger partial charge in [-0.25, -0.2) is 0 Å². The molecule has 2 unspecified atom stereocenters. The zero-order valence-corrected chi connectivity index (χ0v) is 13.8. The number of benzene rings is 1. The summed E-state index contributed by atoms with van der Waals surface area (Å²) >= 11 is 3.04. The summed E-state index contributed by atoms with van der Waals surface area (Å²) in [5, 5.41) is 22.5. The number of ether oxygens (including phenoxy) is 1. The highest BCUT2D eigenvalue weighted by atomic mass is 32.2. The van der Waals surface area contributed by atoms with Crippen LogP contribution in [0.25, 0.3) is 0 Å². The molecule has 0 aliphatic carbocycles. The third-order valence-electron chi connectivity index (χ3n) is 3.46. The summed E-state index contributed by atoms with van der Waals surface area (Å²) in [5.74, 6) is 0.574. The van der Waals surface area contributed by atoms with Gasteiger partial charge in [0.25, 0.3) is 0 Å². The van der Waals surface area contributed by atoms with Crippen molar-refractivity contribution in [3.05, 3.63) is 35.9 Å². The van der Waals surface area contributed by atoms with E-state index in [0.29, 0.717) is 11.9 Å². The van der Waals surface area contributed by atoms with Crippen LogP contribution in [0.3, 0.4) is 0 Å². The summed E-state index contributed by atoms with van der Waals surface area (Å²) in [4.78, 5) is 0. The molecule has 1 saturated heterocycles. The lowest BCUT2D eigenvalue weighted by molar-refractivity contribution is 0.120. The zero-order valence-electron chi connectivity index (χ0n) is 12.1. The van der Waals surface area contributed by atoms with E-state index >= 15 is 0 Å². The average molecular weight is 337 g/mol. The SMILES string of the molecule is OC(CSc1nnc(NCC2CCCO2)s1)c1ccccc1. The van der Waals surface area contributed by atoms with Gasteiger partial charge in [-0.3, -0.25) is 0 Å². The minimum Gasteiger partial charge on any atom is -0.388 e. The molecule has 3 rings (SSSR count). The molecule has 1 fully saturated rings. The first-order valence-corrected chi connectivity index (χ1v) is 9.16. The molecule has 1 aliphatic heterocycles. The highest BCUT2D eigenvalue weighted by molar-refractivity contribution is 8.01. The quantitative estimate of drug-likeness (QED) is 0.757. The summed E-state index contributed by atoms with van der Waals surface area (Å²) < 4.78 is 6.43. The molecule has 1 aliphatic rings. The first-order valence-electron chi connectivity index (χ1n) is 7.36. The minimum atomic E-state index is -0.488. The maximum absolute atomic E-state index is 10.1. The number of aromatic nitrogens is 2. The van der Waals surface area contributed by atoms with E-state index in [1.165, 1.54) is 23.1 Å². The Bertz CT molecular complexity index is 573. The van der Waals surface area contributed by atoms with Crippen LogP contribution in [-0.4, -0.2) is 40.3 Å². The number of aliphatic hydroxyl groups excluding tert-OH is 1. The van der Waals surface area contributed by atoms with Crippen molar-refractivity contribution in [3.63, 3.8) is 0 Å². The second kappa shape index (κ2) is 7.92. The number of rotatable bonds is 7. The Kier molecular flexibility index (Phi) is 5.66. The molecule has 22 heavy (non-hydrogen) atoms. The van der Waals surface area contributed by atoms with Crippen LogP contribution in [0.1, 0.15) is 24.5 Å². The predicted octanol–water partition coefficient (Wildman–Crippen LogP) is 2.95. The standard InChI is InChI=1S/C15H19N3O2S2/c19-13(11-5-2-1-3-6-11)10-21-15-18-17-14(22-15)16-9-12-7-4-8-20-12/h1-3,5-6,12-13,19H,4,7-10H2,(H,16,17). The topological polar surface area (TPSA) is 67.3 Å². The van der Waals surface area contributed by atoms with E-state index in [1.54, 1.807) is 0 Å². The molecule has 2 aromatic rings. The van der Waals surface area contributed by atoms with E-state index in [-0.39, 0.29) is 0 Å². The Labute approximate surface area is 138 Å². The summed E-state index contributed by atoms with van der Waals surface area (Å²) in [6, 6.07) is 9.67. The van der Waals surface area contributed by atoms with Crippen molar-refractivity contribution in [3.8, 4) is 0 Å². The van der Waals surface area contributed by atoms with Gasteiger partial charge in [0.1, 0.15) is 0 Å². The summed E-state index contributed by atoms with van der Waals surface area (Å²) in [6.45, 7) is 1.65. The second-order valence-corrected chi connectivity index (χ2v) is 7.37. The van der Waals surface area contributed by atoms with Gasteiger partial charge in [-0.1, -0.05) is 53.4 Å². The molecule has 0 bridgehead atoms. The molecule has 0 radical (unpaired) electrons. The molecule has 0 amide bonds. The maximum Gasteiger partial charge on any atom is 0.206 e. The molecule has 2 heterocycles. The van der Waals surface area contributed by atoms with Crippen molar-refractivity contribution in [2.75, 3.05) is 24.2 Å². The fourth-order valence-corrected chi connectivity index (χ4v) is 4.02. The molecule has 7 heteroatoms. The van der Waals surface area contributed by atoms with E-state index in [0.717, 1.165) is 41.0 Å². The molecule has 1 aromatic heterocycles. The number of anilines is 1. The summed E-state index contributed by atoms with van der Waals surface area (Å²) in [5.41, 5.74) is 0.927. The molecule has 0 saturated carbocycles. The van der Waals surface area contributed by atoms with Gasteiger partial charge in [0.15, 0.2) is 4.34 Å². The Morgan fingerprint density at radius 3 is 3.00 bits per heavy atom. The Hall–Kier alpha value is -1.15. The van der Waals surface area contributed by atoms with Gasteiger partial charge in [0.2, 0.25) is 5.13 Å². The van der Waals surface area contributed by atoms with Gasteiger partial charge in [-0.15, -0.1) is 10.2 Å². The highest BCUT2D eigenvalue weighted by Crippen LogP contribution is 2.29. The molecule has 0 spiro atoms. The molecule has 1 aromatic carbocycles. The van der Waals surface area contributed by atoms with E-state index in [4.69, 9.17) is 4.74 Å². The monoisotopic (exact) mass is 337 g/mol. The van der Waals surface area contributed by atoms with Crippen LogP contribution in [0.2, 0.25) is 0 Å². The largest absolute Gasteiger partial charge is 0.388 e. The fraction of sp³-hybridized carbons (Fsp3) is 0.467. The van der Waals surface area contributed by atoms with Gasteiger partial charge in [0.05, 0.1) is 12.2 Å². The van der Waals surface area contributed by atoms with Crippen LogP contribution < -0.4 is 5.32 Å². The summed E-state index contributed by atoms with van der Waals surface area (Å²) in [7, 11) is 0. The van der Waals surface area contributed by atoms with Crippen molar-refractivity contribution >= 4 is 28.2 Å². The molecule has 2 atom stereocenters. The van der Waals surface area contributed by atoms with Crippen molar-refractivity contribution in [2.24, 2.45) is 0 Å². The normalized spacial score (nSPS) is 19.2. The molecule has 118 valence electrons. The van der Waals surface area contributed by atoms with Crippen LogP contribution in [0.5, 0.6) is 0 Å². The fourth-order valence-electron chi connectivity index (χ4n) is 2.27. The van der Waals surface area contributed by atoms with Crippen LogP contribution in [0, 0.1) is 0 Å². The average Bonchev–Trinajstić information content (AvgIpc) is 3.23.